The lowest BCUT2D eigenvalue weighted by Crippen LogP contribution is -2.49. The van der Waals surface area contributed by atoms with Crippen LogP contribution in [0.25, 0.3) is 0 Å². The second kappa shape index (κ2) is 10.2. The van der Waals surface area contributed by atoms with Crippen LogP contribution in [0, 0.1) is 5.92 Å². The number of anilines is 1. The Balaban J connectivity index is 1.57. The number of amides is 2. The highest BCUT2D eigenvalue weighted by Gasteiger charge is 2.37. The number of halogens is 3. The molecule has 6 nitrogen and oxygen atoms in total. The standard InChI is InChI=1S/C26H29F3N4O2/c1-3-32(4-2)24(34)18-9-8-14-31(16-18)17-33-22-13-6-5-12-21(22)23(25(33)35)30-20-11-7-10-19(15-20)26(27,28)29/h5-7,10-13,15,18H,3-4,8-9,14,16-17H2,1-2H3/t18-/m0/s1. The van der Waals surface area contributed by atoms with Crippen LogP contribution in [-0.2, 0) is 15.8 Å². The van der Waals surface area contributed by atoms with Crippen LogP contribution in [0.2, 0.25) is 0 Å². The second-order valence-corrected chi connectivity index (χ2v) is 8.83. The van der Waals surface area contributed by atoms with Crippen LogP contribution in [-0.4, -0.2) is 60.2 Å². The highest BCUT2D eigenvalue weighted by Crippen LogP contribution is 2.34. The van der Waals surface area contributed by atoms with E-state index in [2.05, 4.69) is 9.89 Å². The molecule has 2 aliphatic rings. The first kappa shape index (κ1) is 24.9. The molecule has 2 amide bonds. The zero-order valence-corrected chi connectivity index (χ0v) is 19.9. The van der Waals surface area contributed by atoms with Gasteiger partial charge < -0.3 is 4.90 Å². The summed E-state index contributed by atoms with van der Waals surface area (Å²) in [6.07, 6.45) is -2.82. The van der Waals surface area contributed by atoms with Gasteiger partial charge in [-0.15, -0.1) is 0 Å². The number of piperidine rings is 1. The number of rotatable bonds is 6. The van der Waals surface area contributed by atoms with Gasteiger partial charge in [-0.1, -0.05) is 24.3 Å². The topological polar surface area (TPSA) is 56.2 Å². The van der Waals surface area contributed by atoms with Crippen molar-refractivity contribution in [3.63, 3.8) is 0 Å². The van der Waals surface area contributed by atoms with Gasteiger partial charge in [-0.2, -0.15) is 13.2 Å². The molecule has 0 spiro atoms. The van der Waals surface area contributed by atoms with Crippen LogP contribution >= 0.6 is 0 Å². The van der Waals surface area contributed by atoms with Crippen molar-refractivity contribution in [2.24, 2.45) is 10.9 Å². The predicted octanol–water partition coefficient (Wildman–Crippen LogP) is 4.71. The number of benzene rings is 2. The highest BCUT2D eigenvalue weighted by atomic mass is 19.4. The van der Waals surface area contributed by atoms with Crippen LogP contribution < -0.4 is 4.90 Å². The van der Waals surface area contributed by atoms with E-state index in [0.717, 1.165) is 31.5 Å². The monoisotopic (exact) mass is 486 g/mol. The fourth-order valence-electron chi connectivity index (χ4n) is 4.77. The number of fused-ring (bicyclic) bond motifs is 1. The third kappa shape index (κ3) is 5.24. The number of carbonyl (C=O) groups is 2. The number of likely N-dealkylation sites (tertiary alicyclic amines) is 1. The maximum atomic E-state index is 13.4. The van der Waals surface area contributed by atoms with Gasteiger partial charge in [-0.3, -0.25) is 19.4 Å². The summed E-state index contributed by atoms with van der Waals surface area (Å²) in [7, 11) is 0. The van der Waals surface area contributed by atoms with Crippen molar-refractivity contribution in [3.8, 4) is 0 Å². The van der Waals surface area contributed by atoms with Crippen LogP contribution in [0.5, 0.6) is 0 Å². The second-order valence-electron chi connectivity index (χ2n) is 8.83. The van der Waals surface area contributed by atoms with Gasteiger partial charge in [-0.25, -0.2) is 4.99 Å². The molecule has 0 bridgehead atoms. The first-order chi connectivity index (χ1) is 16.7. The maximum Gasteiger partial charge on any atom is 0.416 e. The highest BCUT2D eigenvalue weighted by molar-refractivity contribution is 6.54. The first-order valence-electron chi connectivity index (χ1n) is 11.9. The molecule has 186 valence electrons. The lowest BCUT2D eigenvalue weighted by molar-refractivity contribution is -0.138. The molecule has 2 aromatic rings. The Morgan fingerprint density at radius 2 is 1.86 bits per heavy atom. The molecule has 4 rings (SSSR count). The Labute approximate surface area is 203 Å². The summed E-state index contributed by atoms with van der Waals surface area (Å²) in [5, 5.41) is 0. The molecular weight excluding hydrogens is 457 g/mol. The quantitative estimate of drug-likeness (QED) is 0.594. The van der Waals surface area contributed by atoms with Gasteiger partial charge in [0, 0.05) is 25.2 Å². The van der Waals surface area contributed by atoms with E-state index in [1.807, 2.05) is 30.9 Å². The van der Waals surface area contributed by atoms with Gasteiger partial charge in [0.25, 0.3) is 5.91 Å². The Kier molecular flexibility index (Phi) is 7.25. The minimum atomic E-state index is -4.49. The number of carbonyl (C=O) groups excluding carboxylic acids is 2. The van der Waals surface area contributed by atoms with Gasteiger partial charge in [-0.05, 0) is 57.5 Å². The zero-order chi connectivity index (χ0) is 25.2. The van der Waals surface area contributed by atoms with E-state index in [1.54, 1.807) is 17.0 Å². The van der Waals surface area contributed by atoms with Gasteiger partial charge in [0.15, 0.2) is 0 Å². The molecule has 0 unspecified atom stereocenters. The molecule has 0 aliphatic carbocycles. The molecular formula is C26H29F3N4O2. The smallest absolute Gasteiger partial charge is 0.343 e. The molecule has 0 N–H and O–H groups in total. The molecule has 1 fully saturated rings. The van der Waals surface area contributed by atoms with E-state index < -0.39 is 11.7 Å². The van der Waals surface area contributed by atoms with E-state index in [0.29, 0.717) is 37.6 Å². The third-order valence-corrected chi connectivity index (χ3v) is 6.58. The Hall–Kier alpha value is -3.20. The van der Waals surface area contributed by atoms with Crippen LogP contribution in [0.4, 0.5) is 24.5 Å². The Bertz CT molecular complexity index is 1130. The van der Waals surface area contributed by atoms with Gasteiger partial charge in [0.1, 0.15) is 5.71 Å². The minimum Gasteiger partial charge on any atom is -0.343 e. The number of hydrogen-bond donors (Lipinski definition) is 0. The van der Waals surface area contributed by atoms with Gasteiger partial charge in [0.2, 0.25) is 5.91 Å². The van der Waals surface area contributed by atoms with Crippen LogP contribution in [0.1, 0.15) is 37.8 Å². The minimum absolute atomic E-state index is 0.0719. The molecule has 1 atom stereocenters. The van der Waals surface area contributed by atoms with E-state index >= 15 is 0 Å². The molecule has 2 aromatic carbocycles. The Morgan fingerprint density at radius 1 is 1.11 bits per heavy atom. The lowest BCUT2D eigenvalue weighted by atomic mass is 9.96. The summed E-state index contributed by atoms with van der Waals surface area (Å²) in [4.78, 5) is 36.2. The normalized spacial score (nSPS) is 19.8. The summed E-state index contributed by atoms with van der Waals surface area (Å²) in [5.74, 6) is -0.338. The van der Waals surface area contributed by atoms with Gasteiger partial charge >= 0.3 is 6.18 Å². The maximum absolute atomic E-state index is 13.4. The lowest BCUT2D eigenvalue weighted by Gasteiger charge is -2.36. The van der Waals surface area contributed by atoms with Crippen LogP contribution in [0.3, 0.4) is 0 Å². The summed E-state index contributed by atoms with van der Waals surface area (Å²) < 4.78 is 39.4. The molecule has 9 heteroatoms. The fraction of sp³-hybridized carbons (Fsp3) is 0.423. The molecule has 2 aliphatic heterocycles. The summed E-state index contributed by atoms with van der Waals surface area (Å²) in [5.41, 5.74) is 0.630. The molecule has 0 saturated carbocycles. The number of para-hydroxylation sites is 1. The van der Waals surface area contributed by atoms with Crippen molar-refractivity contribution in [2.45, 2.75) is 32.9 Å². The van der Waals surface area contributed by atoms with E-state index in [1.165, 1.54) is 12.1 Å². The molecule has 0 radical (unpaired) electrons. The van der Waals surface area contributed by atoms with Crippen molar-refractivity contribution in [3.05, 3.63) is 59.7 Å². The SMILES string of the molecule is CCN(CC)C(=O)[C@H]1CCCN(CN2C(=O)C(=Nc3cccc(C(F)(F)F)c3)c3ccccc32)C1. The fourth-order valence-corrected chi connectivity index (χ4v) is 4.77. The first-order valence-corrected chi connectivity index (χ1v) is 11.9. The van der Waals surface area contributed by atoms with E-state index in [-0.39, 0.29) is 29.1 Å². The number of nitrogens with zero attached hydrogens (tertiary/aromatic N) is 4. The van der Waals surface area contributed by atoms with Crippen molar-refractivity contribution in [1.82, 2.24) is 9.80 Å². The van der Waals surface area contributed by atoms with E-state index in [4.69, 9.17) is 0 Å². The van der Waals surface area contributed by atoms with Crippen molar-refractivity contribution in [1.29, 1.82) is 0 Å². The summed E-state index contributed by atoms with van der Waals surface area (Å²) >= 11 is 0. The number of alkyl halides is 3. The third-order valence-electron chi connectivity index (χ3n) is 6.58. The molecule has 1 saturated heterocycles. The van der Waals surface area contributed by atoms with Crippen molar-refractivity contribution < 1.29 is 22.8 Å². The van der Waals surface area contributed by atoms with Crippen molar-refractivity contribution in [2.75, 3.05) is 37.7 Å². The average molecular weight is 487 g/mol. The Morgan fingerprint density at radius 3 is 2.57 bits per heavy atom. The molecule has 35 heavy (non-hydrogen) atoms. The van der Waals surface area contributed by atoms with Crippen LogP contribution in [0.15, 0.2) is 53.5 Å². The molecule has 0 aromatic heterocycles. The van der Waals surface area contributed by atoms with Crippen molar-refractivity contribution >= 4 is 28.9 Å². The largest absolute Gasteiger partial charge is 0.416 e. The predicted molar refractivity (Wildman–Crippen MR) is 129 cm³/mol. The zero-order valence-electron chi connectivity index (χ0n) is 19.9. The van der Waals surface area contributed by atoms with Gasteiger partial charge in [0.05, 0.1) is 29.5 Å². The summed E-state index contributed by atoms with van der Waals surface area (Å²) in [6.45, 7) is 6.87. The number of aliphatic imine (C=N–C) groups is 1. The molecule has 2 heterocycles. The summed E-state index contributed by atoms with van der Waals surface area (Å²) in [6, 6.07) is 11.8. The number of hydrogen-bond acceptors (Lipinski definition) is 4. The average Bonchev–Trinajstić information content (AvgIpc) is 3.10. The van der Waals surface area contributed by atoms with E-state index in [9.17, 15) is 22.8 Å².